The van der Waals surface area contributed by atoms with Gasteiger partial charge in [-0.1, -0.05) is 6.07 Å². The van der Waals surface area contributed by atoms with Crippen LogP contribution in [0.3, 0.4) is 0 Å². The Hall–Kier alpha value is -2.08. The summed E-state index contributed by atoms with van der Waals surface area (Å²) >= 11 is 0. The van der Waals surface area contributed by atoms with Crippen molar-refractivity contribution in [1.29, 1.82) is 0 Å². The highest BCUT2D eigenvalue weighted by Crippen LogP contribution is 2.21. The molecule has 2 rings (SSSR count). The lowest BCUT2D eigenvalue weighted by Gasteiger charge is -2.04. The van der Waals surface area contributed by atoms with Gasteiger partial charge in [-0.05, 0) is 31.2 Å². The fourth-order valence-corrected chi connectivity index (χ4v) is 2.95. The maximum Gasteiger partial charge on any atom is 0.371 e. The molecule has 1 atom stereocenters. The lowest BCUT2D eigenvalue weighted by atomic mass is 10.3. The van der Waals surface area contributed by atoms with Gasteiger partial charge < -0.3 is 14.3 Å². The average molecular weight is 294 g/mol. The smallest absolute Gasteiger partial charge is 0.371 e. The minimum absolute atomic E-state index is 0.139. The van der Waals surface area contributed by atoms with Crippen molar-refractivity contribution < 1.29 is 23.3 Å². The summed E-state index contributed by atoms with van der Waals surface area (Å²) in [6, 6.07) is 8.38. The molecule has 0 saturated carbocycles. The number of carboxylic acids is 1. The van der Waals surface area contributed by atoms with Crippen LogP contribution in [0.15, 0.2) is 39.6 Å². The van der Waals surface area contributed by atoms with Crippen LogP contribution in [0.2, 0.25) is 0 Å². The Morgan fingerprint density at radius 1 is 1.40 bits per heavy atom. The van der Waals surface area contributed by atoms with E-state index in [4.69, 9.17) is 14.3 Å². The Balaban J connectivity index is 2.21. The summed E-state index contributed by atoms with van der Waals surface area (Å²) in [7, 11) is 0.254. The van der Waals surface area contributed by atoms with Crippen LogP contribution in [-0.2, 0) is 16.6 Å². The second-order valence-corrected chi connectivity index (χ2v) is 5.62. The maximum atomic E-state index is 12.3. The van der Waals surface area contributed by atoms with E-state index in [1.807, 2.05) is 0 Å². The van der Waals surface area contributed by atoms with E-state index < -0.39 is 16.8 Å². The number of ether oxygens (including phenoxy) is 1. The van der Waals surface area contributed by atoms with E-state index in [-0.39, 0.29) is 11.5 Å². The van der Waals surface area contributed by atoms with Gasteiger partial charge in [0.05, 0.1) is 23.7 Å². The van der Waals surface area contributed by atoms with E-state index in [0.29, 0.717) is 22.0 Å². The predicted molar refractivity (Wildman–Crippen MR) is 73.5 cm³/mol. The first-order valence-electron chi connectivity index (χ1n) is 5.86. The van der Waals surface area contributed by atoms with Gasteiger partial charge in [-0.3, -0.25) is 4.21 Å². The number of hydrogen-bond donors (Lipinski definition) is 1. The lowest BCUT2D eigenvalue weighted by molar-refractivity contribution is 0.0661. The van der Waals surface area contributed by atoms with Crippen molar-refractivity contribution in [2.24, 2.45) is 0 Å². The van der Waals surface area contributed by atoms with E-state index in [0.717, 1.165) is 0 Å². The Bertz CT molecular complexity index is 659. The Morgan fingerprint density at radius 2 is 2.15 bits per heavy atom. The molecule has 1 heterocycles. The largest absolute Gasteiger partial charge is 0.497 e. The fraction of sp³-hybridized carbons (Fsp3) is 0.214. The van der Waals surface area contributed by atoms with Crippen molar-refractivity contribution in [1.82, 2.24) is 0 Å². The molecule has 0 fully saturated rings. The zero-order valence-corrected chi connectivity index (χ0v) is 11.9. The molecule has 0 bridgehead atoms. The first-order chi connectivity index (χ1) is 9.51. The van der Waals surface area contributed by atoms with E-state index in [1.54, 1.807) is 38.3 Å². The van der Waals surface area contributed by atoms with Gasteiger partial charge in [-0.2, -0.15) is 0 Å². The first kappa shape index (κ1) is 14.3. The summed E-state index contributed by atoms with van der Waals surface area (Å²) in [6.45, 7) is 1.66. The molecule has 1 aromatic carbocycles. The number of methoxy groups -OCH3 is 1. The van der Waals surface area contributed by atoms with Crippen molar-refractivity contribution in [3.8, 4) is 5.75 Å². The van der Waals surface area contributed by atoms with Gasteiger partial charge >= 0.3 is 5.97 Å². The standard InChI is InChI=1S/C14H14O5S/c1-9-10(6-13(19-9)14(15)16)8-20(17)12-5-3-4-11(7-12)18-2/h3-7H,8H2,1-2H3,(H,15,16). The second-order valence-electron chi connectivity index (χ2n) is 4.17. The molecule has 6 heteroatoms. The number of carboxylic acid groups (broad SMARTS) is 1. The Kier molecular flexibility index (Phi) is 4.24. The third-order valence-corrected chi connectivity index (χ3v) is 4.17. The minimum Gasteiger partial charge on any atom is -0.497 e. The average Bonchev–Trinajstić information content (AvgIpc) is 2.80. The molecule has 0 aliphatic rings. The number of aromatic carboxylic acids is 1. The topological polar surface area (TPSA) is 76.7 Å². The summed E-state index contributed by atoms with van der Waals surface area (Å²) in [5, 5.41) is 8.86. The van der Waals surface area contributed by atoms with E-state index in [2.05, 4.69) is 0 Å². The molecule has 0 aliphatic heterocycles. The zero-order valence-electron chi connectivity index (χ0n) is 11.1. The molecule has 106 valence electrons. The van der Waals surface area contributed by atoms with Crippen LogP contribution in [0.25, 0.3) is 0 Å². The summed E-state index contributed by atoms with van der Waals surface area (Å²) in [4.78, 5) is 11.4. The molecule has 2 aromatic rings. The van der Waals surface area contributed by atoms with Gasteiger partial charge in [-0.25, -0.2) is 4.79 Å². The van der Waals surface area contributed by atoms with E-state index in [1.165, 1.54) is 6.07 Å². The Morgan fingerprint density at radius 3 is 2.75 bits per heavy atom. The number of benzene rings is 1. The molecule has 0 saturated heterocycles. The number of aryl methyl sites for hydroxylation is 1. The quantitative estimate of drug-likeness (QED) is 0.917. The highest BCUT2D eigenvalue weighted by atomic mass is 32.2. The zero-order chi connectivity index (χ0) is 14.7. The summed E-state index contributed by atoms with van der Waals surface area (Å²) in [5.74, 6) is 0.0340. The van der Waals surface area contributed by atoms with Gasteiger partial charge in [0.2, 0.25) is 5.76 Å². The molecule has 5 nitrogen and oxygen atoms in total. The van der Waals surface area contributed by atoms with Gasteiger partial charge in [0.25, 0.3) is 0 Å². The van der Waals surface area contributed by atoms with Crippen molar-refractivity contribution in [3.63, 3.8) is 0 Å². The van der Waals surface area contributed by atoms with Gasteiger partial charge in [0.1, 0.15) is 11.5 Å². The van der Waals surface area contributed by atoms with E-state index >= 15 is 0 Å². The normalized spacial score (nSPS) is 12.1. The van der Waals surface area contributed by atoms with Gasteiger partial charge in [0, 0.05) is 10.5 Å². The SMILES string of the molecule is COc1cccc(S(=O)Cc2cc(C(=O)O)oc2C)c1. The molecule has 0 aliphatic carbocycles. The Labute approximate surface area is 118 Å². The molecular weight excluding hydrogens is 280 g/mol. The molecule has 20 heavy (non-hydrogen) atoms. The third kappa shape index (κ3) is 3.08. The van der Waals surface area contributed by atoms with Crippen molar-refractivity contribution >= 4 is 16.8 Å². The summed E-state index contributed by atoms with van der Waals surface area (Å²) in [5.41, 5.74) is 0.628. The maximum absolute atomic E-state index is 12.3. The van der Waals surface area contributed by atoms with Crippen molar-refractivity contribution in [2.75, 3.05) is 7.11 Å². The van der Waals surface area contributed by atoms with Crippen LogP contribution in [0, 0.1) is 6.92 Å². The van der Waals surface area contributed by atoms with Crippen LogP contribution in [0.1, 0.15) is 21.9 Å². The van der Waals surface area contributed by atoms with Crippen LogP contribution in [0.5, 0.6) is 5.75 Å². The number of carbonyl (C=O) groups is 1. The molecule has 0 spiro atoms. The van der Waals surface area contributed by atoms with E-state index in [9.17, 15) is 9.00 Å². The number of furan rings is 1. The second kappa shape index (κ2) is 5.92. The minimum atomic E-state index is -1.29. The lowest BCUT2D eigenvalue weighted by Crippen LogP contribution is -1.97. The molecule has 0 radical (unpaired) electrons. The fourth-order valence-electron chi connectivity index (χ4n) is 1.74. The number of rotatable bonds is 5. The number of hydrogen-bond acceptors (Lipinski definition) is 4. The molecule has 1 aromatic heterocycles. The summed E-state index contributed by atoms with van der Waals surface area (Å²) < 4.78 is 22.5. The monoisotopic (exact) mass is 294 g/mol. The first-order valence-corrected chi connectivity index (χ1v) is 7.18. The highest BCUT2D eigenvalue weighted by molar-refractivity contribution is 7.84. The van der Waals surface area contributed by atoms with Crippen LogP contribution >= 0.6 is 0 Å². The predicted octanol–water partition coefficient (Wildman–Crippen LogP) is 2.60. The molecule has 0 amide bonds. The van der Waals surface area contributed by atoms with Crippen molar-refractivity contribution in [2.45, 2.75) is 17.6 Å². The molecule has 1 unspecified atom stereocenters. The van der Waals surface area contributed by atoms with Crippen LogP contribution < -0.4 is 4.74 Å². The molecule has 1 N–H and O–H groups in total. The summed E-state index contributed by atoms with van der Waals surface area (Å²) in [6.07, 6.45) is 0. The van der Waals surface area contributed by atoms with Gasteiger partial charge in [0.15, 0.2) is 0 Å². The van der Waals surface area contributed by atoms with Crippen LogP contribution in [-0.4, -0.2) is 22.4 Å². The highest BCUT2D eigenvalue weighted by Gasteiger charge is 2.16. The molecular formula is C14H14O5S. The van der Waals surface area contributed by atoms with Gasteiger partial charge in [-0.15, -0.1) is 0 Å². The van der Waals surface area contributed by atoms with Crippen LogP contribution in [0.4, 0.5) is 0 Å². The van der Waals surface area contributed by atoms with Crippen molar-refractivity contribution in [3.05, 3.63) is 47.4 Å². The third-order valence-electron chi connectivity index (χ3n) is 2.82.